The lowest BCUT2D eigenvalue weighted by Crippen LogP contribution is -2.23. The molecule has 1 fully saturated rings. The van der Waals surface area contributed by atoms with Gasteiger partial charge in [0.15, 0.2) is 0 Å². The van der Waals surface area contributed by atoms with Crippen molar-refractivity contribution in [3.63, 3.8) is 0 Å². The normalized spacial score (nSPS) is 27.4. The highest BCUT2D eigenvalue weighted by Crippen LogP contribution is 2.45. The lowest BCUT2D eigenvalue weighted by Gasteiger charge is -2.37. The quantitative estimate of drug-likeness (QED) is 0.598. The molecule has 0 heterocycles. The molecule has 0 nitrogen and oxygen atoms in total. The van der Waals surface area contributed by atoms with E-state index < -0.39 is 0 Å². The molecule has 1 aromatic rings. The largest absolute Gasteiger partial charge is 0.0654 e. The van der Waals surface area contributed by atoms with Crippen LogP contribution in [0.1, 0.15) is 82.8 Å². The van der Waals surface area contributed by atoms with Crippen LogP contribution < -0.4 is 0 Å². The highest BCUT2D eigenvalue weighted by atomic mass is 14.4. The molecule has 0 saturated heterocycles. The van der Waals surface area contributed by atoms with Crippen molar-refractivity contribution >= 4 is 0 Å². The topological polar surface area (TPSA) is 0 Å². The summed E-state index contributed by atoms with van der Waals surface area (Å²) in [4.78, 5) is 0. The first-order valence-corrected chi connectivity index (χ1v) is 8.25. The Morgan fingerprint density at radius 1 is 1.05 bits per heavy atom. The Kier molecular flexibility index (Phi) is 5.07. The van der Waals surface area contributed by atoms with Crippen LogP contribution in [0.15, 0.2) is 24.3 Å². The van der Waals surface area contributed by atoms with Gasteiger partial charge in [-0.25, -0.2) is 0 Å². The zero-order valence-electron chi connectivity index (χ0n) is 13.0. The van der Waals surface area contributed by atoms with E-state index in [4.69, 9.17) is 0 Å². The van der Waals surface area contributed by atoms with Gasteiger partial charge in [0.25, 0.3) is 0 Å². The number of benzene rings is 1. The second kappa shape index (κ2) is 6.59. The van der Waals surface area contributed by atoms with Crippen LogP contribution in [-0.4, -0.2) is 0 Å². The molecule has 0 aromatic heterocycles. The molecule has 0 aliphatic heterocycles. The molecule has 0 bridgehead atoms. The van der Waals surface area contributed by atoms with Crippen molar-refractivity contribution in [1.82, 2.24) is 0 Å². The maximum Gasteiger partial charge on any atom is -0.0162 e. The second-order valence-electron chi connectivity index (χ2n) is 6.78. The molecular weight excluding hydrogens is 228 g/mol. The van der Waals surface area contributed by atoms with Gasteiger partial charge in [-0.05, 0) is 61.0 Å². The molecule has 0 amide bonds. The molecule has 0 unspecified atom stereocenters. The summed E-state index contributed by atoms with van der Waals surface area (Å²) in [5, 5.41) is 0. The van der Waals surface area contributed by atoms with Crippen LogP contribution in [0.4, 0.5) is 0 Å². The molecule has 0 atom stereocenters. The monoisotopic (exact) mass is 258 g/mol. The van der Waals surface area contributed by atoms with Crippen LogP contribution in [-0.2, 0) is 6.42 Å². The van der Waals surface area contributed by atoms with Gasteiger partial charge in [-0.1, -0.05) is 57.9 Å². The van der Waals surface area contributed by atoms with E-state index in [1.54, 1.807) is 5.56 Å². The van der Waals surface area contributed by atoms with Gasteiger partial charge < -0.3 is 0 Å². The SMILES string of the molecule is CCCCC1(C)CCC(c2ccc(CC)cc2)CC1. The van der Waals surface area contributed by atoms with Crippen LogP contribution in [0.25, 0.3) is 0 Å². The minimum Gasteiger partial charge on any atom is -0.0654 e. The molecule has 1 aliphatic carbocycles. The number of aryl methyl sites for hydroxylation is 1. The summed E-state index contributed by atoms with van der Waals surface area (Å²) < 4.78 is 0. The molecule has 1 saturated carbocycles. The molecule has 0 N–H and O–H groups in total. The Morgan fingerprint density at radius 2 is 1.68 bits per heavy atom. The van der Waals surface area contributed by atoms with Crippen LogP contribution in [0.3, 0.4) is 0 Å². The van der Waals surface area contributed by atoms with E-state index in [1.807, 2.05) is 0 Å². The Labute approximate surface area is 119 Å². The first-order chi connectivity index (χ1) is 9.17. The van der Waals surface area contributed by atoms with Crippen molar-refractivity contribution in [2.45, 2.75) is 78.1 Å². The number of rotatable bonds is 5. The fraction of sp³-hybridized carbons (Fsp3) is 0.684. The Balaban J connectivity index is 1.91. The van der Waals surface area contributed by atoms with Gasteiger partial charge in [0.1, 0.15) is 0 Å². The van der Waals surface area contributed by atoms with Crippen LogP contribution >= 0.6 is 0 Å². The van der Waals surface area contributed by atoms with Crippen LogP contribution in [0.2, 0.25) is 0 Å². The van der Waals surface area contributed by atoms with Crippen molar-refractivity contribution in [3.05, 3.63) is 35.4 Å². The summed E-state index contributed by atoms with van der Waals surface area (Å²) in [5.41, 5.74) is 3.68. The summed E-state index contributed by atoms with van der Waals surface area (Å²) in [6, 6.07) is 9.39. The van der Waals surface area contributed by atoms with E-state index >= 15 is 0 Å². The fourth-order valence-electron chi connectivity index (χ4n) is 3.53. The Hall–Kier alpha value is -0.780. The second-order valence-corrected chi connectivity index (χ2v) is 6.78. The minimum absolute atomic E-state index is 0.635. The lowest BCUT2D eigenvalue weighted by molar-refractivity contribution is 0.179. The predicted octanol–water partition coefficient (Wildman–Crippen LogP) is 6.10. The number of hydrogen-bond acceptors (Lipinski definition) is 0. The first-order valence-electron chi connectivity index (χ1n) is 8.25. The van der Waals surface area contributed by atoms with Crippen LogP contribution in [0.5, 0.6) is 0 Å². The fourth-order valence-corrected chi connectivity index (χ4v) is 3.53. The molecule has 0 radical (unpaired) electrons. The molecular formula is C19H30. The van der Waals surface area contributed by atoms with E-state index in [1.165, 1.54) is 50.5 Å². The van der Waals surface area contributed by atoms with Crippen molar-refractivity contribution < 1.29 is 0 Å². The highest BCUT2D eigenvalue weighted by molar-refractivity contribution is 5.25. The molecule has 106 valence electrons. The predicted molar refractivity (Wildman–Crippen MR) is 84.7 cm³/mol. The average molecular weight is 258 g/mol. The molecule has 1 aromatic carbocycles. The van der Waals surface area contributed by atoms with Crippen molar-refractivity contribution in [1.29, 1.82) is 0 Å². The summed E-state index contributed by atoms with van der Waals surface area (Å²) in [5.74, 6) is 0.820. The summed E-state index contributed by atoms with van der Waals surface area (Å²) in [6.45, 7) is 7.05. The van der Waals surface area contributed by atoms with Gasteiger partial charge in [-0.15, -0.1) is 0 Å². The third-order valence-electron chi connectivity index (χ3n) is 5.19. The zero-order chi connectivity index (χ0) is 13.7. The molecule has 19 heavy (non-hydrogen) atoms. The van der Waals surface area contributed by atoms with Gasteiger partial charge in [-0.2, -0.15) is 0 Å². The molecule has 1 aliphatic rings. The van der Waals surface area contributed by atoms with Gasteiger partial charge in [0, 0.05) is 0 Å². The highest BCUT2D eigenvalue weighted by Gasteiger charge is 2.30. The van der Waals surface area contributed by atoms with E-state index in [0.717, 1.165) is 12.3 Å². The van der Waals surface area contributed by atoms with Gasteiger partial charge >= 0.3 is 0 Å². The van der Waals surface area contributed by atoms with Crippen molar-refractivity contribution in [2.24, 2.45) is 5.41 Å². The number of unbranched alkanes of at least 4 members (excludes halogenated alkanes) is 1. The van der Waals surface area contributed by atoms with Gasteiger partial charge in [0.05, 0.1) is 0 Å². The van der Waals surface area contributed by atoms with Crippen molar-refractivity contribution in [2.75, 3.05) is 0 Å². The first kappa shape index (κ1) is 14.6. The summed E-state index contributed by atoms with van der Waals surface area (Å²) >= 11 is 0. The standard InChI is InChI=1S/C19H30/c1-4-6-13-19(3)14-11-18(12-15-19)17-9-7-16(5-2)8-10-17/h7-10,18H,4-6,11-15H2,1-3H3. The van der Waals surface area contributed by atoms with Crippen LogP contribution in [0, 0.1) is 5.41 Å². The van der Waals surface area contributed by atoms with E-state index in [9.17, 15) is 0 Å². The van der Waals surface area contributed by atoms with Gasteiger partial charge in [-0.3, -0.25) is 0 Å². The van der Waals surface area contributed by atoms with E-state index in [-0.39, 0.29) is 0 Å². The third-order valence-corrected chi connectivity index (χ3v) is 5.19. The van der Waals surface area contributed by atoms with E-state index in [2.05, 4.69) is 45.0 Å². The number of hydrogen-bond donors (Lipinski definition) is 0. The van der Waals surface area contributed by atoms with Gasteiger partial charge in [0.2, 0.25) is 0 Å². The third kappa shape index (κ3) is 3.84. The molecule has 0 spiro atoms. The summed E-state index contributed by atoms with van der Waals surface area (Å²) in [7, 11) is 0. The van der Waals surface area contributed by atoms with Crippen molar-refractivity contribution in [3.8, 4) is 0 Å². The maximum absolute atomic E-state index is 2.51. The molecule has 2 rings (SSSR count). The maximum atomic E-state index is 2.51. The average Bonchev–Trinajstić information content (AvgIpc) is 2.46. The minimum atomic E-state index is 0.635. The molecule has 0 heteroatoms. The van der Waals surface area contributed by atoms with E-state index in [0.29, 0.717) is 5.41 Å². The zero-order valence-corrected chi connectivity index (χ0v) is 13.0. The summed E-state index contributed by atoms with van der Waals surface area (Å²) in [6.07, 6.45) is 11.0. The Bertz CT molecular complexity index is 366. The smallest absolute Gasteiger partial charge is 0.0162 e. The lowest BCUT2D eigenvalue weighted by atomic mass is 9.68. The Morgan fingerprint density at radius 3 is 2.21 bits per heavy atom.